The van der Waals surface area contributed by atoms with Crippen molar-refractivity contribution in [3.8, 4) is 0 Å². The van der Waals surface area contributed by atoms with Crippen LogP contribution in [0, 0.1) is 5.92 Å². The number of nitrogens with zero attached hydrogens (tertiary/aromatic N) is 1. The van der Waals surface area contributed by atoms with E-state index in [2.05, 4.69) is 10.2 Å². The summed E-state index contributed by atoms with van der Waals surface area (Å²) in [5, 5.41) is 3.43. The summed E-state index contributed by atoms with van der Waals surface area (Å²) in [4.78, 5) is 2.68. The zero-order valence-electron chi connectivity index (χ0n) is 12.6. The van der Waals surface area contributed by atoms with Crippen LogP contribution in [-0.2, 0) is 0 Å². The van der Waals surface area contributed by atoms with E-state index in [0.717, 1.165) is 5.92 Å². The number of piperidine rings is 2. The molecule has 0 bridgehead atoms. The molecule has 2 nitrogen and oxygen atoms in total. The summed E-state index contributed by atoms with van der Waals surface area (Å²) in [5.74, 6) is 0.986. The summed E-state index contributed by atoms with van der Waals surface area (Å²) in [7, 11) is 0. The van der Waals surface area contributed by atoms with E-state index in [1.165, 1.54) is 64.8 Å². The van der Waals surface area contributed by atoms with E-state index < -0.39 is 0 Å². The Kier molecular flexibility index (Phi) is 12.3. The first-order valence-electron chi connectivity index (χ1n) is 7.88. The van der Waals surface area contributed by atoms with Crippen LogP contribution in [0.2, 0.25) is 0 Å². The summed E-state index contributed by atoms with van der Waals surface area (Å²) in [6.07, 6.45) is 7.13. The maximum absolute atomic E-state index is 3.43. The first-order chi connectivity index (χ1) is 8.45. The molecule has 2 rings (SSSR count). The molecule has 0 aromatic heterocycles. The molecule has 2 heterocycles. The first-order valence-corrected chi connectivity index (χ1v) is 7.88. The molecule has 2 aliphatic rings. The molecule has 1 N–H and O–H groups in total. The Morgan fingerprint density at radius 3 is 1.94 bits per heavy atom. The van der Waals surface area contributed by atoms with Gasteiger partial charge in [0.2, 0.25) is 0 Å². The zero-order valence-corrected chi connectivity index (χ0v) is 12.6. The molecular weight excluding hydrogens is 208 g/mol. The smallest absolute Gasteiger partial charge is 0.00106 e. The van der Waals surface area contributed by atoms with Crippen LogP contribution in [0.1, 0.15) is 59.8 Å². The molecule has 0 unspecified atom stereocenters. The van der Waals surface area contributed by atoms with Gasteiger partial charge in [-0.3, -0.25) is 0 Å². The van der Waals surface area contributed by atoms with E-state index in [9.17, 15) is 0 Å². The minimum absolute atomic E-state index is 0.986. The average molecular weight is 242 g/mol. The topological polar surface area (TPSA) is 15.3 Å². The molecule has 2 saturated heterocycles. The molecule has 0 spiro atoms. The molecule has 2 fully saturated rings. The minimum Gasteiger partial charge on any atom is -0.317 e. The van der Waals surface area contributed by atoms with Crippen LogP contribution in [0.15, 0.2) is 0 Å². The van der Waals surface area contributed by atoms with Gasteiger partial charge in [-0.05, 0) is 57.8 Å². The van der Waals surface area contributed by atoms with Gasteiger partial charge in [0.05, 0.1) is 0 Å². The van der Waals surface area contributed by atoms with Crippen molar-refractivity contribution in [2.75, 3.05) is 32.7 Å². The molecule has 0 radical (unpaired) electrons. The zero-order chi connectivity index (χ0) is 12.9. The Bertz CT molecular complexity index is 120. The predicted octanol–water partition coefficient (Wildman–Crippen LogP) is 3.52. The van der Waals surface area contributed by atoms with Crippen molar-refractivity contribution >= 4 is 0 Å². The summed E-state index contributed by atoms with van der Waals surface area (Å²) in [6.45, 7) is 14.6. The van der Waals surface area contributed by atoms with E-state index in [1.807, 2.05) is 27.7 Å². The van der Waals surface area contributed by atoms with Crippen molar-refractivity contribution < 1.29 is 0 Å². The van der Waals surface area contributed by atoms with E-state index in [-0.39, 0.29) is 0 Å². The van der Waals surface area contributed by atoms with E-state index in [0.29, 0.717) is 0 Å². The van der Waals surface area contributed by atoms with Crippen molar-refractivity contribution in [1.82, 2.24) is 10.2 Å². The summed E-state index contributed by atoms with van der Waals surface area (Å²) in [5.41, 5.74) is 0. The Morgan fingerprint density at radius 1 is 0.882 bits per heavy atom. The largest absolute Gasteiger partial charge is 0.317 e. The van der Waals surface area contributed by atoms with Crippen LogP contribution < -0.4 is 5.32 Å². The Hall–Kier alpha value is -0.0800. The second-order valence-corrected chi connectivity index (χ2v) is 4.55. The lowest BCUT2D eigenvalue weighted by molar-refractivity contribution is 0.177. The van der Waals surface area contributed by atoms with Gasteiger partial charge in [0.1, 0.15) is 0 Å². The molecular formula is C15H34N2. The Labute approximate surface area is 109 Å². The maximum atomic E-state index is 3.43. The number of hydrogen-bond acceptors (Lipinski definition) is 2. The molecule has 2 heteroatoms. The Balaban J connectivity index is 0.000000581. The van der Waals surface area contributed by atoms with Gasteiger partial charge in [-0.15, -0.1) is 0 Å². The molecule has 0 saturated carbocycles. The molecule has 0 aromatic carbocycles. The van der Waals surface area contributed by atoms with Crippen LogP contribution in [0.3, 0.4) is 0 Å². The molecule has 0 aromatic rings. The third-order valence-corrected chi connectivity index (χ3v) is 3.42. The summed E-state index contributed by atoms with van der Waals surface area (Å²) >= 11 is 0. The lowest BCUT2D eigenvalue weighted by Gasteiger charge is -2.32. The highest BCUT2D eigenvalue weighted by Crippen LogP contribution is 2.16. The minimum atomic E-state index is 0.986. The number of nitrogens with one attached hydrogen (secondary N) is 1. The molecule has 0 aliphatic carbocycles. The second kappa shape index (κ2) is 12.4. The second-order valence-electron chi connectivity index (χ2n) is 4.55. The van der Waals surface area contributed by atoms with Gasteiger partial charge in [0, 0.05) is 6.54 Å². The van der Waals surface area contributed by atoms with Gasteiger partial charge in [-0.2, -0.15) is 0 Å². The fourth-order valence-electron chi connectivity index (χ4n) is 2.57. The van der Waals surface area contributed by atoms with Crippen molar-refractivity contribution in [2.45, 2.75) is 59.8 Å². The Morgan fingerprint density at radius 2 is 1.41 bits per heavy atom. The van der Waals surface area contributed by atoms with Crippen molar-refractivity contribution in [3.05, 3.63) is 0 Å². The molecule has 2 aliphatic heterocycles. The fourth-order valence-corrected chi connectivity index (χ4v) is 2.57. The predicted molar refractivity (Wildman–Crippen MR) is 78.6 cm³/mol. The van der Waals surface area contributed by atoms with Crippen molar-refractivity contribution in [2.24, 2.45) is 5.92 Å². The maximum Gasteiger partial charge on any atom is 0.00106 e. The SMILES string of the molecule is C1CCN(CC2CCNCC2)CC1.CC.CC. The van der Waals surface area contributed by atoms with Crippen LogP contribution in [0.4, 0.5) is 0 Å². The van der Waals surface area contributed by atoms with Crippen LogP contribution >= 0.6 is 0 Å². The molecule has 104 valence electrons. The van der Waals surface area contributed by atoms with Crippen LogP contribution in [-0.4, -0.2) is 37.6 Å². The first kappa shape index (κ1) is 16.9. The molecule has 0 amide bonds. The number of likely N-dealkylation sites (tertiary alicyclic amines) is 1. The van der Waals surface area contributed by atoms with Crippen molar-refractivity contribution in [1.29, 1.82) is 0 Å². The van der Waals surface area contributed by atoms with Crippen LogP contribution in [0.25, 0.3) is 0 Å². The number of hydrogen-bond donors (Lipinski definition) is 1. The van der Waals surface area contributed by atoms with E-state index >= 15 is 0 Å². The lowest BCUT2D eigenvalue weighted by Crippen LogP contribution is -2.38. The van der Waals surface area contributed by atoms with Gasteiger partial charge in [0.15, 0.2) is 0 Å². The third kappa shape index (κ3) is 7.77. The number of rotatable bonds is 2. The quantitative estimate of drug-likeness (QED) is 0.797. The van der Waals surface area contributed by atoms with Gasteiger partial charge in [0.25, 0.3) is 0 Å². The monoisotopic (exact) mass is 242 g/mol. The molecule has 0 atom stereocenters. The van der Waals surface area contributed by atoms with Gasteiger partial charge >= 0.3 is 0 Å². The normalized spacial score (nSPS) is 21.9. The van der Waals surface area contributed by atoms with Gasteiger partial charge in [-0.1, -0.05) is 34.1 Å². The summed E-state index contributed by atoms with van der Waals surface area (Å²) in [6, 6.07) is 0. The standard InChI is InChI=1S/C11H22N2.2C2H6/c1-2-8-13(9-3-1)10-11-4-6-12-7-5-11;2*1-2/h11-12H,1-10H2;2*1-2H3. The van der Waals surface area contributed by atoms with Gasteiger partial charge in [-0.25, -0.2) is 0 Å². The highest BCUT2D eigenvalue weighted by atomic mass is 15.1. The lowest BCUT2D eigenvalue weighted by atomic mass is 9.96. The average Bonchev–Trinajstić information content (AvgIpc) is 2.45. The van der Waals surface area contributed by atoms with Crippen LogP contribution in [0.5, 0.6) is 0 Å². The summed E-state index contributed by atoms with van der Waals surface area (Å²) < 4.78 is 0. The van der Waals surface area contributed by atoms with Gasteiger partial charge < -0.3 is 10.2 Å². The molecule has 17 heavy (non-hydrogen) atoms. The highest BCUT2D eigenvalue weighted by Gasteiger charge is 2.17. The van der Waals surface area contributed by atoms with E-state index in [4.69, 9.17) is 0 Å². The van der Waals surface area contributed by atoms with Crippen molar-refractivity contribution in [3.63, 3.8) is 0 Å². The third-order valence-electron chi connectivity index (χ3n) is 3.42. The highest BCUT2D eigenvalue weighted by molar-refractivity contribution is 4.74. The fraction of sp³-hybridized carbons (Fsp3) is 1.00. The van der Waals surface area contributed by atoms with E-state index in [1.54, 1.807) is 0 Å².